The van der Waals surface area contributed by atoms with Crippen molar-refractivity contribution in [2.24, 2.45) is 0 Å². The smallest absolute Gasteiger partial charge is 0.275 e. The second-order valence-corrected chi connectivity index (χ2v) is 7.16. The standard InChI is InChI=1S/C22H15ClN4O4/c23-15-6-4-7-16(12-15)24-20(28)13-26-22(29)19-10-2-1-9-18(19)21(25-26)14-5-3-8-17(11-14)27(30)31/h1-12H,13H2,(H,24,28). The van der Waals surface area contributed by atoms with Crippen LogP contribution in [0.25, 0.3) is 22.0 Å². The predicted molar refractivity (Wildman–Crippen MR) is 118 cm³/mol. The van der Waals surface area contributed by atoms with Crippen molar-refractivity contribution in [3.05, 3.63) is 98.3 Å². The van der Waals surface area contributed by atoms with Gasteiger partial charge < -0.3 is 5.32 Å². The van der Waals surface area contributed by atoms with Gasteiger partial charge in [-0.1, -0.05) is 48.0 Å². The molecular weight excluding hydrogens is 420 g/mol. The van der Waals surface area contributed by atoms with E-state index in [1.54, 1.807) is 60.7 Å². The van der Waals surface area contributed by atoms with Crippen LogP contribution in [0, 0.1) is 10.1 Å². The van der Waals surface area contributed by atoms with Crippen LogP contribution in [0.4, 0.5) is 11.4 Å². The molecule has 0 radical (unpaired) electrons. The summed E-state index contributed by atoms with van der Waals surface area (Å²) in [5.74, 6) is -0.461. The molecule has 8 nitrogen and oxygen atoms in total. The second-order valence-electron chi connectivity index (χ2n) is 6.72. The Kier molecular flexibility index (Phi) is 5.46. The summed E-state index contributed by atoms with van der Waals surface area (Å²) in [7, 11) is 0. The van der Waals surface area contributed by atoms with Gasteiger partial charge in [-0.2, -0.15) is 5.10 Å². The van der Waals surface area contributed by atoms with Gasteiger partial charge in [-0.05, 0) is 24.3 Å². The Morgan fingerprint density at radius 3 is 2.52 bits per heavy atom. The monoisotopic (exact) mass is 434 g/mol. The lowest BCUT2D eigenvalue weighted by atomic mass is 10.0. The van der Waals surface area contributed by atoms with E-state index in [0.29, 0.717) is 32.7 Å². The number of amides is 1. The minimum Gasteiger partial charge on any atom is -0.324 e. The van der Waals surface area contributed by atoms with Crippen molar-refractivity contribution in [3.63, 3.8) is 0 Å². The molecule has 1 aromatic heterocycles. The summed E-state index contributed by atoms with van der Waals surface area (Å²) in [6.45, 7) is -0.335. The Hall–Kier alpha value is -4.04. The fourth-order valence-electron chi connectivity index (χ4n) is 3.23. The van der Waals surface area contributed by atoms with E-state index >= 15 is 0 Å². The number of carbonyl (C=O) groups is 1. The Morgan fingerprint density at radius 1 is 1.03 bits per heavy atom. The van der Waals surface area contributed by atoms with Gasteiger partial charge in [-0.3, -0.25) is 19.7 Å². The molecule has 0 spiro atoms. The Bertz CT molecular complexity index is 1380. The van der Waals surface area contributed by atoms with Crippen molar-refractivity contribution in [2.45, 2.75) is 6.54 Å². The van der Waals surface area contributed by atoms with E-state index < -0.39 is 16.4 Å². The van der Waals surface area contributed by atoms with Gasteiger partial charge in [0.25, 0.3) is 11.2 Å². The van der Waals surface area contributed by atoms with E-state index in [-0.39, 0.29) is 12.2 Å². The van der Waals surface area contributed by atoms with Gasteiger partial charge in [-0.15, -0.1) is 0 Å². The first-order valence-electron chi connectivity index (χ1n) is 9.22. The number of carbonyl (C=O) groups excluding carboxylic acids is 1. The summed E-state index contributed by atoms with van der Waals surface area (Å²) in [6, 6.07) is 19.4. The molecule has 0 unspecified atom stereocenters. The van der Waals surface area contributed by atoms with Gasteiger partial charge in [0, 0.05) is 33.8 Å². The van der Waals surface area contributed by atoms with E-state index in [0.717, 1.165) is 4.68 Å². The molecule has 0 aliphatic rings. The van der Waals surface area contributed by atoms with E-state index in [4.69, 9.17) is 11.6 Å². The van der Waals surface area contributed by atoms with Crippen LogP contribution in [0.15, 0.2) is 77.6 Å². The van der Waals surface area contributed by atoms with Crippen LogP contribution in [-0.2, 0) is 11.3 Å². The zero-order valence-corrected chi connectivity index (χ0v) is 16.7. The summed E-state index contributed by atoms with van der Waals surface area (Å²) >= 11 is 5.94. The molecule has 4 rings (SSSR count). The molecule has 4 aromatic rings. The van der Waals surface area contributed by atoms with Crippen molar-refractivity contribution in [3.8, 4) is 11.3 Å². The number of non-ortho nitro benzene ring substituents is 1. The first-order valence-corrected chi connectivity index (χ1v) is 9.60. The third kappa shape index (κ3) is 4.29. The van der Waals surface area contributed by atoms with E-state index in [2.05, 4.69) is 10.4 Å². The quantitative estimate of drug-likeness (QED) is 0.373. The van der Waals surface area contributed by atoms with Gasteiger partial charge in [0.05, 0.1) is 16.0 Å². The Labute approximate surface area is 180 Å². The molecule has 0 bridgehead atoms. The molecule has 3 aromatic carbocycles. The van der Waals surface area contributed by atoms with Crippen LogP contribution in [0.2, 0.25) is 5.02 Å². The van der Waals surface area contributed by atoms with E-state index in [9.17, 15) is 19.7 Å². The molecule has 1 N–H and O–H groups in total. The number of aromatic nitrogens is 2. The zero-order chi connectivity index (χ0) is 22.0. The SMILES string of the molecule is O=C(Cn1nc(-c2cccc([N+](=O)[O-])c2)c2ccccc2c1=O)Nc1cccc(Cl)c1. The number of hydrogen-bond acceptors (Lipinski definition) is 5. The molecule has 31 heavy (non-hydrogen) atoms. The van der Waals surface area contributed by atoms with Crippen molar-refractivity contribution in [1.82, 2.24) is 9.78 Å². The first kappa shape index (κ1) is 20.2. The number of nitrogens with one attached hydrogen (secondary N) is 1. The Morgan fingerprint density at radius 2 is 1.77 bits per heavy atom. The number of nitro benzene ring substituents is 1. The van der Waals surface area contributed by atoms with Crippen LogP contribution in [0.3, 0.4) is 0 Å². The third-order valence-corrected chi connectivity index (χ3v) is 4.83. The minimum absolute atomic E-state index is 0.0974. The summed E-state index contributed by atoms with van der Waals surface area (Å²) in [5, 5.41) is 19.6. The highest BCUT2D eigenvalue weighted by Gasteiger charge is 2.16. The molecule has 0 saturated heterocycles. The van der Waals surface area contributed by atoms with Crippen LogP contribution < -0.4 is 10.9 Å². The van der Waals surface area contributed by atoms with Crippen molar-refractivity contribution < 1.29 is 9.72 Å². The number of fused-ring (bicyclic) bond motifs is 1. The van der Waals surface area contributed by atoms with Crippen molar-refractivity contribution >= 4 is 39.7 Å². The number of benzene rings is 3. The number of halogens is 1. The number of hydrogen-bond donors (Lipinski definition) is 1. The molecular formula is C22H15ClN4O4. The van der Waals surface area contributed by atoms with Gasteiger partial charge in [0.15, 0.2) is 0 Å². The van der Waals surface area contributed by atoms with Gasteiger partial charge >= 0.3 is 0 Å². The average molecular weight is 435 g/mol. The Balaban J connectivity index is 1.77. The molecule has 1 heterocycles. The highest BCUT2D eigenvalue weighted by Crippen LogP contribution is 2.27. The molecule has 0 fully saturated rings. The molecule has 0 aliphatic carbocycles. The molecule has 1 amide bonds. The molecule has 0 saturated carbocycles. The summed E-state index contributed by atoms with van der Waals surface area (Å²) in [5.41, 5.74) is 0.792. The summed E-state index contributed by atoms with van der Waals surface area (Å²) in [4.78, 5) is 36.1. The number of nitrogens with zero attached hydrogens (tertiary/aromatic N) is 3. The first-order chi connectivity index (χ1) is 14.9. The normalized spacial score (nSPS) is 10.7. The van der Waals surface area contributed by atoms with Crippen LogP contribution in [-0.4, -0.2) is 20.6 Å². The van der Waals surface area contributed by atoms with Crippen LogP contribution >= 0.6 is 11.6 Å². The second kappa shape index (κ2) is 8.37. The average Bonchev–Trinajstić information content (AvgIpc) is 2.76. The summed E-state index contributed by atoms with van der Waals surface area (Å²) in [6.07, 6.45) is 0. The topological polar surface area (TPSA) is 107 Å². The van der Waals surface area contributed by atoms with Crippen LogP contribution in [0.1, 0.15) is 0 Å². The number of nitro groups is 1. The minimum atomic E-state index is -0.500. The largest absolute Gasteiger partial charge is 0.324 e. The maximum absolute atomic E-state index is 12.9. The lowest BCUT2D eigenvalue weighted by Gasteiger charge is -2.12. The maximum Gasteiger partial charge on any atom is 0.275 e. The highest BCUT2D eigenvalue weighted by atomic mass is 35.5. The molecule has 9 heteroatoms. The van der Waals surface area contributed by atoms with Crippen molar-refractivity contribution in [2.75, 3.05) is 5.32 Å². The van der Waals surface area contributed by atoms with Gasteiger partial charge in [0.1, 0.15) is 6.54 Å². The fourth-order valence-corrected chi connectivity index (χ4v) is 3.42. The maximum atomic E-state index is 12.9. The lowest BCUT2D eigenvalue weighted by Crippen LogP contribution is -2.30. The molecule has 0 aliphatic heterocycles. The van der Waals surface area contributed by atoms with E-state index in [1.165, 1.54) is 12.1 Å². The fraction of sp³-hybridized carbons (Fsp3) is 0.0455. The third-order valence-electron chi connectivity index (χ3n) is 4.60. The molecule has 154 valence electrons. The predicted octanol–water partition coefficient (Wildman–Crippen LogP) is 4.26. The molecule has 0 atom stereocenters. The zero-order valence-electron chi connectivity index (χ0n) is 16.0. The van der Waals surface area contributed by atoms with Crippen molar-refractivity contribution in [1.29, 1.82) is 0 Å². The van der Waals surface area contributed by atoms with Crippen LogP contribution in [0.5, 0.6) is 0 Å². The lowest BCUT2D eigenvalue weighted by molar-refractivity contribution is -0.384. The van der Waals surface area contributed by atoms with Gasteiger partial charge in [0.2, 0.25) is 5.91 Å². The van der Waals surface area contributed by atoms with E-state index in [1.807, 2.05) is 0 Å². The number of rotatable bonds is 5. The number of anilines is 1. The summed E-state index contributed by atoms with van der Waals surface area (Å²) < 4.78 is 1.05. The van der Waals surface area contributed by atoms with Gasteiger partial charge in [-0.25, -0.2) is 4.68 Å². The highest BCUT2D eigenvalue weighted by molar-refractivity contribution is 6.30.